The predicted octanol–water partition coefficient (Wildman–Crippen LogP) is 0.344. The number of nitrogens with one attached hydrogen (secondary N) is 3. The summed E-state index contributed by atoms with van der Waals surface area (Å²) < 4.78 is 5.47. The van der Waals surface area contributed by atoms with Crippen molar-refractivity contribution in [2.75, 3.05) is 25.0 Å². The molecule has 1 saturated heterocycles. The first-order valence-corrected chi connectivity index (χ1v) is 5.80. The first-order valence-electron chi connectivity index (χ1n) is 5.80. The molecule has 2 heterocycles. The fraction of sp³-hybridized carbons (Fsp3) is 0.636. The number of aromatic amines is 1. The van der Waals surface area contributed by atoms with Crippen molar-refractivity contribution in [3.63, 3.8) is 0 Å². The standard InChI is InChI=1S/C11H18N4O2/c1-7-8(2)14-15-11(7)13-10(16)5-9-6-12-3-4-17-9/h9,12H,3-6H2,1-2H3,(H2,13,14,15,16). The lowest BCUT2D eigenvalue weighted by Gasteiger charge is -2.22. The first kappa shape index (κ1) is 12.1. The Labute approximate surface area is 100 Å². The topological polar surface area (TPSA) is 79.0 Å². The van der Waals surface area contributed by atoms with Crippen molar-refractivity contribution in [1.82, 2.24) is 15.5 Å². The molecule has 1 aromatic rings. The fourth-order valence-electron chi connectivity index (χ4n) is 1.75. The van der Waals surface area contributed by atoms with E-state index in [1.807, 2.05) is 13.8 Å². The molecule has 6 nitrogen and oxygen atoms in total. The SMILES string of the molecule is Cc1[nH]nc(NC(=O)CC2CNCCO2)c1C. The Bertz CT molecular complexity index is 396. The largest absolute Gasteiger partial charge is 0.375 e. The smallest absolute Gasteiger partial charge is 0.228 e. The Hall–Kier alpha value is -1.40. The van der Waals surface area contributed by atoms with Crippen molar-refractivity contribution in [3.05, 3.63) is 11.3 Å². The number of hydrogen-bond donors (Lipinski definition) is 3. The van der Waals surface area contributed by atoms with Gasteiger partial charge in [-0.1, -0.05) is 0 Å². The molecular formula is C11H18N4O2. The summed E-state index contributed by atoms with van der Waals surface area (Å²) in [6.07, 6.45) is 0.322. The van der Waals surface area contributed by atoms with E-state index in [0.29, 0.717) is 18.8 Å². The van der Waals surface area contributed by atoms with Gasteiger partial charge in [0.2, 0.25) is 5.91 Å². The molecule has 1 amide bonds. The highest BCUT2D eigenvalue weighted by atomic mass is 16.5. The van der Waals surface area contributed by atoms with Gasteiger partial charge < -0.3 is 15.4 Å². The molecule has 1 fully saturated rings. The van der Waals surface area contributed by atoms with E-state index < -0.39 is 0 Å². The van der Waals surface area contributed by atoms with Gasteiger partial charge in [0.05, 0.1) is 19.1 Å². The number of amides is 1. The molecule has 17 heavy (non-hydrogen) atoms. The number of morpholine rings is 1. The maximum absolute atomic E-state index is 11.8. The number of carbonyl (C=O) groups is 1. The van der Waals surface area contributed by atoms with Crippen molar-refractivity contribution in [1.29, 1.82) is 0 Å². The van der Waals surface area contributed by atoms with Gasteiger partial charge in [-0.25, -0.2) is 0 Å². The molecule has 0 saturated carbocycles. The van der Waals surface area contributed by atoms with Crippen LogP contribution in [0.25, 0.3) is 0 Å². The van der Waals surface area contributed by atoms with Crippen LogP contribution in [-0.2, 0) is 9.53 Å². The van der Waals surface area contributed by atoms with Gasteiger partial charge in [0.25, 0.3) is 0 Å². The fourth-order valence-corrected chi connectivity index (χ4v) is 1.75. The second-order valence-electron chi connectivity index (χ2n) is 4.27. The maximum Gasteiger partial charge on any atom is 0.228 e. The zero-order valence-corrected chi connectivity index (χ0v) is 10.2. The average molecular weight is 238 g/mol. The van der Waals surface area contributed by atoms with Gasteiger partial charge in [0, 0.05) is 24.3 Å². The van der Waals surface area contributed by atoms with Gasteiger partial charge in [-0.05, 0) is 13.8 Å². The molecule has 1 unspecified atom stereocenters. The van der Waals surface area contributed by atoms with Crippen LogP contribution in [0.5, 0.6) is 0 Å². The van der Waals surface area contributed by atoms with Crippen LogP contribution in [-0.4, -0.2) is 41.9 Å². The Kier molecular flexibility index (Phi) is 3.75. The van der Waals surface area contributed by atoms with Crippen LogP contribution in [0.2, 0.25) is 0 Å². The van der Waals surface area contributed by atoms with E-state index >= 15 is 0 Å². The van der Waals surface area contributed by atoms with Crippen LogP contribution in [0.4, 0.5) is 5.82 Å². The van der Waals surface area contributed by atoms with Crippen molar-refractivity contribution in [2.45, 2.75) is 26.4 Å². The molecule has 3 N–H and O–H groups in total. The number of ether oxygens (including phenoxy) is 1. The van der Waals surface area contributed by atoms with Crippen LogP contribution >= 0.6 is 0 Å². The summed E-state index contributed by atoms with van der Waals surface area (Å²) in [5.41, 5.74) is 1.94. The van der Waals surface area contributed by atoms with E-state index in [-0.39, 0.29) is 12.0 Å². The third-order valence-corrected chi connectivity index (χ3v) is 2.93. The van der Waals surface area contributed by atoms with Crippen LogP contribution < -0.4 is 10.6 Å². The van der Waals surface area contributed by atoms with Gasteiger partial charge in [0.15, 0.2) is 5.82 Å². The Balaban J connectivity index is 1.86. The van der Waals surface area contributed by atoms with Crippen LogP contribution in [0, 0.1) is 13.8 Å². The monoisotopic (exact) mass is 238 g/mol. The van der Waals surface area contributed by atoms with Gasteiger partial charge in [0.1, 0.15) is 0 Å². The molecule has 0 aliphatic carbocycles. The molecule has 2 rings (SSSR count). The summed E-state index contributed by atoms with van der Waals surface area (Å²) in [6, 6.07) is 0. The number of rotatable bonds is 3. The Morgan fingerprint density at radius 1 is 1.59 bits per heavy atom. The summed E-state index contributed by atoms with van der Waals surface area (Å²) in [7, 11) is 0. The lowest BCUT2D eigenvalue weighted by Crippen LogP contribution is -2.40. The van der Waals surface area contributed by atoms with Gasteiger partial charge in [-0.15, -0.1) is 0 Å². The highest BCUT2D eigenvalue weighted by molar-refractivity contribution is 5.90. The van der Waals surface area contributed by atoms with Crippen molar-refractivity contribution >= 4 is 11.7 Å². The van der Waals surface area contributed by atoms with E-state index in [1.54, 1.807) is 0 Å². The van der Waals surface area contributed by atoms with Crippen molar-refractivity contribution in [3.8, 4) is 0 Å². The molecule has 0 aromatic carbocycles. The van der Waals surface area contributed by atoms with Crippen molar-refractivity contribution in [2.24, 2.45) is 0 Å². The minimum atomic E-state index is -0.0618. The molecule has 1 aromatic heterocycles. The second kappa shape index (κ2) is 5.29. The van der Waals surface area contributed by atoms with E-state index in [1.165, 1.54) is 0 Å². The van der Waals surface area contributed by atoms with E-state index in [0.717, 1.165) is 24.3 Å². The zero-order chi connectivity index (χ0) is 12.3. The number of aromatic nitrogens is 2. The first-order chi connectivity index (χ1) is 8.16. The number of nitrogens with zero attached hydrogens (tertiary/aromatic N) is 1. The minimum Gasteiger partial charge on any atom is -0.375 e. The van der Waals surface area contributed by atoms with E-state index in [2.05, 4.69) is 20.8 Å². The molecule has 94 valence electrons. The highest BCUT2D eigenvalue weighted by Gasteiger charge is 2.18. The maximum atomic E-state index is 11.8. The second-order valence-corrected chi connectivity index (χ2v) is 4.27. The normalized spacial score (nSPS) is 20.2. The van der Waals surface area contributed by atoms with Crippen molar-refractivity contribution < 1.29 is 9.53 Å². The molecule has 1 aliphatic rings. The average Bonchev–Trinajstić information content (AvgIpc) is 2.62. The van der Waals surface area contributed by atoms with Crippen LogP contribution in [0.15, 0.2) is 0 Å². The summed E-state index contributed by atoms with van der Waals surface area (Å²) in [6.45, 7) is 6.10. The quantitative estimate of drug-likeness (QED) is 0.709. The van der Waals surface area contributed by atoms with Gasteiger partial charge >= 0.3 is 0 Å². The molecule has 0 spiro atoms. The van der Waals surface area contributed by atoms with E-state index in [9.17, 15) is 4.79 Å². The zero-order valence-electron chi connectivity index (χ0n) is 10.2. The molecular weight excluding hydrogens is 220 g/mol. The molecule has 0 bridgehead atoms. The molecule has 6 heteroatoms. The lowest BCUT2D eigenvalue weighted by atomic mass is 10.2. The van der Waals surface area contributed by atoms with Crippen LogP contribution in [0.3, 0.4) is 0 Å². The van der Waals surface area contributed by atoms with Gasteiger partial charge in [-0.3, -0.25) is 9.89 Å². The summed E-state index contributed by atoms with van der Waals surface area (Å²) in [5.74, 6) is 0.546. The lowest BCUT2D eigenvalue weighted by molar-refractivity contribution is -0.119. The third-order valence-electron chi connectivity index (χ3n) is 2.93. The summed E-state index contributed by atoms with van der Waals surface area (Å²) in [5, 5.41) is 12.9. The van der Waals surface area contributed by atoms with Crippen LogP contribution in [0.1, 0.15) is 17.7 Å². The number of hydrogen-bond acceptors (Lipinski definition) is 4. The highest BCUT2D eigenvalue weighted by Crippen LogP contribution is 2.14. The molecule has 0 radical (unpaired) electrons. The molecule has 1 atom stereocenters. The number of aryl methyl sites for hydroxylation is 1. The van der Waals surface area contributed by atoms with Gasteiger partial charge in [-0.2, -0.15) is 5.10 Å². The Morgan fingerprint density at radius 3 is 3.00 bits per heavy atom. The number of H-pyrrole nitrogens is 1. The number of anilines is 1. The Morgan fingerprint density at radius 2 is 2.41 bits per heavy atom. The number of carbonyl (C=O) groups excluding carboxylic acids is 1. The van der Waals surface area contributed by atoms with E-state index in [4.69, 9.17) is 4.74 Å². The third kappa shape index (κ3) is 3.04. The molecule has 1 aliphatic heterocycles. The summed E-state index contributed by atoms with van der Waals surface area (Å²) in [4.78, 5) is 11.8. The predicted molar refractivity (Wildman–Crippen MR) is 63.9 cm³/mol. The summed E-state index contributed by atoms with van der Waals surface area (Å²) >= 11 is 0. The minimum absolute atomic E-state index is 0.0379.